The first-order valence-electron chi connectivity index (χ1n) is 16.2. The Morgan fingerprint density at radius 2 is 1.63 bits per heavy atom. The molecule has 4 aromatic carbocycles. The van der Waals surface area contributed by atoms with Gasteiger partial charge in [0.15, 0.2) is 0 Å². The molecule has 7 rings (SSSR count). The van der Waals surface area contributed by atoms with Gasteiger partial charge in [0.25, 0.3) is 0 Å². The van der Waals surface area contributed by atoms with Crippen LogP contribution in [0.1, 0.15) is 53.4 Å². The van der Waals surface area contributed by atoms with E-state index in [9.17, 15) is 14.7 Å². The van der Waals surface area contributed by atoms with Crippen molar-refractivity contribution in [1.29, 1.82) is 0 Å². The van der Waals surface area contributed by atoms with Gasteiger partial charge in [0.2, 0.25) is 5.91 Å². The third-order valence-corrected chi connectivity index (χ3v) is 9.79. The number of nitrogens with one attached hydrogen (secondary N) is 1. The van der Waals surface area contributed by atoms with Crippen LogP contribution in [0.5, 0.6) is 11.5 Å². The molecule has 2 saturated heterocycles. The minimum atomic E-state index is -0.351. The summed E-state index contributed by atoms with van der Waals surface area (Å²) in [5.41, 5.74) is 6.83. The van der Waals surface area contributed by atoms with E-state index in [1.807, 2.05) is 24.3 Å². The summed E-state index contributed by atoms with van der Waals surface area (Å²) in [5, 5.41) is 12.5. The van der Waals surface area contributed by atoms with Crippen LogP contribution in [0.4, 0.5) is 16.2 Å². The van der Waals surface area contributed by atoms with Crippen molar-refractivity contribution in [3.63, 3.8) is 0 Å². The van der Waals surface area contributed by atoms with Gasteiger partial charge in [0, 0.05) is 73.5 Å². The summed E-state index contributed by atoms with van der Waals surface area (Å²) >= 11 is 0. The molecule has 0 radical (unpaired) electrons. The number of benzene rings is 4. The molecule has 3 aliphatic rings. The number of phenolic OH excluding ortho intramolecular Hbond substituents is 1. The van der Waals surface area contributed by atoms with Crippen molar-refractivity contribution in [1.82, 2.24) is 10.2 Å². The molecule has 0 aliphatic carbocycles. The maximum absolute atomic E-state index is 12.3. The van der Waals surface area contributed by atoms with E-state index in [1.165, 1.54) is 16.8 Å². The number of carbonyl (C=O) groups is 2. The second kappa shape index (κ2) is 12.9. The third kappa shape index (κ3) is 6.17. The molecule has 236 valence electrons. The molecule has 8 heteroatoms. The Kier molecular flexibility index (Phi) is 8.37. The minimum Gasteiger partial charge on any atom is -0.508 e. The molecule has 2 fully saturated rings. The molecule has 2 unspecified atom stereocenters. The lowest BCUT2D eigenvalue weighted by molar-refractivity contribution is -0.120. The van der Waals surface area contributed by atoms with Crippen molar-refractivity contribution in [2.45, 2.75) is 43.7 Å². The van der Waals surface area contributed by atoms with Crippen molar-refractivity contribution in [2.75, 3.05) is 43.1 Å². The van der Waals surface area contributed by atoms with Crippen LogP contribution in [0, 0.1) is 0 Å². The smallest absolute Gasteiger partial charge is 0.328 e. The number of rotatable bonds is 7. The molecular formula is C38H40N4O4. The van der Waals surface area contributed by atoms with Gasteiger partial charge < -0.3 is 14.7 Å². The Labute approximate surface area is 270 Å². The highest BCUT2D eigenvalue weighted by atomic mass is 16.5. The van der Waals surface area contributed by atoms with E-state index < -0.39 is 0 Å². The second-order valence-electron chi connectivity index (χ2n) is 12.7. The first kappa shape index (κ1) is 29.9. The van der Waals surface area contributed by atoms with E-state index in [1.54, 1.807) is 17.0 Å². The molecule has 0 bridgehead atoms. The third-order valence-electron chi connectivity index (χ3n) is 9.79. The summed E-state index contributed by atoms with van der Waals surface area (Å²) in [6, 6.07) is 33.3. The average Bonchev–Trinajstić information content (AvgIpc) is 3.08. The Bertz CT molecular complexity index is 1700. The Morgan fingerprint density at radius 1 is 0.848 bits per heavy atom. The second-order valence-corrected chi connectivity index (χ2v) is 12.7. The molecule has 3 aliphatic heterocycles. The zero-order valence-electron chi connectivity index (χ0n) is 26.1. The van der Waals surface area contributed by atoms with Gasteiger partial charge in [-0.25, -0.2) is 4.79 Å². The van der Waals surface area contributed by atoms with Crippen LogP contribution < -0.4 is 19.9 Å². The van der Waals surface area contributed by atoms with Crippen LogP contribution in [0.15, 0.2) is 97.1 Å². The molecule has 46 heavy (non-hydrogen) atoms. The summed E-state index contributed by atoms with van der Waals surface area (Å²) in [7, 11) is 2.18. The maximum Gasteiger partial charge on any atom is 0.328 e. The first-order valence-corrected chi connectivity index (χ1v) is 16.2. The number of urea groups is 1. The number of hydrogen-bond acceptors (Lipinski definition) is 6. The van der Waals surface area contributed by atoms with E-state index >= 15 is 0 Å². The van der Waals surface area contributed by atoms with Gasteiger partial charge in [-0.05, 0) is 66.9 Å². The van der Waals surface area contributed by atoms with Crippen LogP contribution in [0.3, 0.4) is 0 Å². The number of ether oxygens (including phenoxy) is 1. The predicted octanol–water partition coefficient (Wildman–Crippen LogP) is 6.25. The zero-order chi connectivity index (χ0) is 31.6. The zero-order valence-corrected chi connectivity index (χ0v) is 26.1. The van der Waals surface area contributed by atoms with Crippen molar-refractivity contribution in [3.8, 4) is 11.5 Å². The number of carbonyl (C=O) groups excluding carboxylic acids is 2. The van der Waals surface area contributed by atoms with Gasteiger partial charge in [-0.2, -0.15) is 0 Å². The fourth-order valence-electron chi connectivity index (χ4n) is 7.31. The highest BCUT2D eigenvalue weighted by molar-refractivity contribution is 6.05. The first-order chi connectivity index (χ1) is 22.4. The molecular weight excluding hydrogens is 576 g/mol. The number of imide groups is 1. The molecule has 0 aromatic heterocycles. The number of anilines is 2. The van der Waals surface area contributed by atoms with E-state index in [0.29, 0.717) is 25.6 Å². The van der Waals surface area contributed by atoms with Crippen LogP contribution in [0.25, 0.3) is 0 Å². The van der Waals surface area contributed by atoms with Gasteiger partial charge in [-0.3, -0.25) is 19.9 Å². The van der Waals surface area contributed by atoms with E-state index in [4.69, 9.17) is 4.74 Å². The van der Waals surface area contributed by atoms with Crippen LogP contribution in [-0.2, 0) is 11.3 Å². The van der Waals surface area contributed by atoms with E-state index in [0.717, 1.165) is 55.0 Å². The lowest BCUT2D eigenvalue weighted by atomic mass is 9.76. The molecule has 0 spiro atoms. The number of aromatic hydroxyl groups is 1. The number of phenols is 1. The molecule has 2 N–H and O–H groups in total. The number of fused-ring (bicyclic) bond motifs is 1. The van der Waals surface area contributed by atoms with E-state index in [-0.39, 0.29) is 29.5 Å². The van der Waals surface area contributed by atoms with E-state index in [2.05, 4.69) is 82.8 Å². The van der Waals surface area contributed by atoms with Gasteiger partial charge in [-0.1, -0.05) is 60.7 Å². The van der Waals surface area contributed by atoms with Gasteiger partial charge in [0.1, 0.15) is 11.5 Å². The van der Waals surface area contributed by atoms with Gasteiger partial charge >= 0.3 is 6.03 Å². The van der Waals surface area contributed by atoms with Gasteiger partial charge in [-0.15, -0.1) is 0 Å². The standard InChI is InChI=1S/C38H40N4O4/c1-40(24-26-6-5-9-31(22-26)42-21-18-36(44)39-38(42)45)29-16-19-41(20-17-29)30-12-10-28(11-13-30)37-33-15-14-32(43)23-35(33)46-25-34(37)27-7-3-2-4-8-27/h2-15,22-23,29,34,37,43H,16-21,24-25H2,1H3,(H,39,44,45). The number of hydrogen-bond donors (Lipinski definition) is 2. The average molecular weight is 617 g/mol. The number of amides is 3. The van der Waals surface area contributed by atoms with Crippen LogP contribution in [0.2, 0.25) is 0 Å². The van der Waals surface area contributed by atoms with Crippen LogP contribution in [-0.4, -0.2) is 61.3 Å². The van der Waals surface area contributed by atoms with Gasteiger partial charge in [0.05, 0.1) is 6.61 Å². The minimum absolute atomic E-state index is 0.130. The lowest BCUT2D eigenvalue weighted by Crippen LogP contribution is -2.49. The monoisotopic (exact) mass is 616 g/mol. The van der Waals surface area contributed by atoms with Crippen molar-refractivity contribution in [3.05, 3.63) is 119 Å². The lowest BCUT2D eigenvalue weighted by Gasteiger charge is -2.38. The molecule has 8 nitrogen and oxygen atoms in total. The summed E-state index contributed by atoms with van der Waals surface area (Å²) in [5.74, 6) is 1.07. The number of piperidine rings is 1. The summed E-state index contributed by atoms with van der Waals surface area (Å²) in [6.07, 6.45) is 2.46. The molecule has 3 amide bonds. The van der Waals surface area contributed by atoms with Crippen molar-refractivity contribution in [2.24, 2.45) is 0 Å². The SMILES string of the molecule is CN(Cc1cccc(N2CCC(=O)NC2=O)c1)C1CCN(c2ccc(C3c4ccc(O)cc4OCC3c3ccccc3)cc2)CC1. The fourth-order valence-corrected chi connectivity index (χ4v) is 7.31. The quantitative estimate of drug-likeness (QED) is 0.256. The molecule has 4 aromatic rings. The number of nitrogens with zero attached hydrogens (tertiary/aromatic N) is 3. The maximum atomic E-state index is 12.3. The van der Waals surface area contributed by atoms with Crippen molar-refractivity contribution < 1.29 is 19.4 Å². The normalized spacial score (nSPS) is 20.3. The summed E-state index contributed by atoms with van der Waals surface area (Å²) < 4.78 is 6.15. The topological polar surface area (TPSA) is 85.4 Å². The largest absolute Gasteiger partial charge is 0.508 e. The molecule has 0 saturated carbocycles. The van der Waals surface area contributed by atoms with Crippen LogP contribution >= 0.6 is 0 Å². The Hall–Kier alpha value is -4.82. The highest BCUT2D eigenvalue weighted by Crippen LogP contribution is 2.47. The molecule has 3 heterocycles. The summed E-state index contributed by atoms with van der Waals surface area (Å²) in [6.45, 7) is 3.75. The predicted molar refractivity (Wildman–Crippen MR) is 180 cm³/mol. The molecule has 2 atom stereocenters. The highest BCUT2D eigenvalue weighted by Gasteiger charge is 2.34. The Balaban J connectivity index is 1.00. The Morgan fingerprint density at radius 3 is 2.39 bits per heavy atom. The fraction of sp³-hybridized carbons (Fsp3) is 0.316. The van der Waals surface area contributed by atoms with Crippen molar-refractivity contribution >= 4 is 23.3 Å². The summed E-state index contributed by atoms with van der Waals surface area (Å²) in [4.78, 5) is 30.4.